The van der Waals surface area contributed by atoms with Crippen LogP contribution in [0.25, 0.3) is 0 Å². The Morgan fingerprint density at radius 1 is 1.43 bits per heavy atom. The smallest absolute Gasteiger partial charge is 0.175 e. The highest BCUT2D eigenvalue weighted by Gasteiger charge is 2.17. The van der Waals surface area contributed by atoms with Gasteiger partial charge in [-0.3, -0.25) is 0 Å². The highest BCUT2D eigenvalue weighted by atomic mass is 127. The van der Waals surface area contributed by atoms with Crippen molar-refractivity contribution in [3.8, 4) is 17.6 Å². The number of hydrogen-bond acceptors (Lipinski definition) is 3. The molecule has 0 N–H and O–H groups in total. The summed E-state index contributed by atoms with van der Waals surface area (Å²) in [4.78, 5) is 0. The second kappa shape index (κ2) is 4.46. The van der Waals surface area contributed by atoms with Crippen molar-refractivity contribution in [2.24, 2.45) is 0 Å². The first kappa shape index (κ1) is 11.0. The van der Waals surface area contributed by atoms with Gasteiger partial charge in [0.05, 0.1) is 17.8 Å². The van der Waals surface area contributed by atoms with E-state index in [1.54, 1.807) is 6.07 Å². The van der Waals surface area contributed by atoms with Crippen LogP contribution in [-0.4, -0.2) is 14.2 Å². The molecule has 0 aliphatic carbocycles. The SMILES string of the molecule is COc1cc(F)c(C#N)c(I)c1OC. The van der Waals surface area contributed by atoms with Gasteiger partial charge in [-0.15, -0.1) is 0 Å². The summed E-state index contributed by atoms with van der Waals surface area (Å²) in [6.07, 6.45) is 0. The second-order valence-electron chi connectivity index (χ2n) is 2.39. The van der Waals surface area contributed by atoms with E-state index in [2.05, 4.69) is 0 Å². The second-order valence-corrected chi connectivity index (χ2v) is 3.47. The first-order valence-electron chi connectivity index (χ1n) is 3.65. The average Bonchev–Trinajstić information content (AvgIpc) is 2.17. The quantitative estimate of drug-likeness (QED) is 0.788. The van der Waals surface area contributed by atoms with E-state index in [-0.39, 0.29) is 11.3 Å². The minimum atomic E-state index is -0.602. The van der Waals surface area contributed by atoms with Gasteiger partial charge in [-0.1, -0.05) is 0 Å². The lowest BCUT2D eigenvalue weighted by atomic mass is 10.2. The van der Waals surface area contributed by atoms with E-state index in [4.69, 9.17) is 14.7 Å². The number of nitrogens with zero attached hydrogens (tertiary/aromatic N) is 1. The van der Waals surface area contributed by atoms with E-state index in [0.717, 1.165) is 6.07 Å². The third kappa shape index (κ3) is 1.75. The van der Waals surface area contributed by atoms with Gasteiger partial charge in [0.2, 0.25) is 0 Å². The van der Waals surface area contributed by atoms with Crippen molar-refractivity contribution in [2.75, 3.05) is 14.2 Å². The molecule has 0 radical (unpaired) electrons. The Balaban J connectivity index is 3.49. The van der Waals surface area contributed by atoms with E-state index >= 15 is 0 Å². The molecular formula is C9H7FINO2. The summed E-state index contributed by atoms with van der Waals surface area (Å²) in [6.45, 7) is 0. The van der Waals surface area contributed by atoms with Crippen molar-refractivity contribution in [3.63, 3.8) is 0 Å². The lowest BCUT2D eigenvalue weighted by molar-refractivity contribution is 0.350. The molecule has 14 heavy (non-hydrogen) atoms. The molecule has 0 heterocycles. The minimum Gasteiger partial charge on any atom is -0.493 e. The van der Waals surface area contributed by atoms with E-state index < -0.39 is 5.82 Å². The maximum absolute atomic E-state index is 13.3. The number of benzene rings is 1. The summed E-state index contributed by atoms with van der Waals surface area (Å²) in [6, 6.07) is 2.91. The minimum absolute atomic E-state index is 0.0248. The zero-order chi connectivity index (χ0) is 10.7. The predicted octanol–water partition coefficient (Wildman–Crippen LogP) is 2.32. The first-order valence-corrected chi connectivity index (χ1v) is 4.73. The van der Waals surface area contributed by atoms with Gasteiger partial charge in [0.25, 0.3) is 0 Å². The fourth-order valence-electron chi connectivity index (χ4n) is 1.02. The molecule has 0 amide bonds. The lowest BCUT2D eigenvalue weighted by Gasteiger charge is -2.10. The molecule has 0 fully saturated rings. The van der Waals surface area contributed by atoms with Crippen molar-refractivity contribution in [1.29, 1.82) is 5.26 Å². The molecule has 0 saturated heterocycles. The van der Waals surface area contributed by atoms with E-state index in [1.165, 1.54) is 14.2 Å². The Morgan fingerprint density at radius 3 is 2.50 bits per heavy atom. The standard InChI is InChI=1S/C9H7FINO2/c1-13-7-3-6(10)5(4-12)8(11)9(7)14-2/h3H,1-2H3. The van der Waals surface area contributed by atoms with Gasteiger partial charge in [0, 0.05) is 6.07 Å². The van der Waals surface area contributed by atoms with Crippen molar-refractivity contribution in [1.82, 2.24) is 0 Å². The Bertz CT molecular complexity index is 401. The van der Waals surface area contributed by atoms with Crippen LogP contribution in [0.5, 0.6) is 11.5 Å². The molecular weight excluding hydrogens is 300 g/mol. The fourth-order valence-corrected chi connectivity index (χ4v) is 1.89. The van der Waals surface area contributed by atoms with Gasteiger partial charge in [0.15, 0.2) is 11.5 Å². The largest absolute Gasteiger partial charge is 0.493 e. The summed E-state index contributed by atoms with van der Waals surface area (Å²) >= 11 is 1.85. The maximum atomic E-state index is 13.3. The highest BCUT2D eigenvalue weighted by molar-refractivity contribution is 14.1. The van der Waals surface area contributed by atoms with E-state index in [9.17, 15) is 4.39 Å². The van der Waals surface area contributed by atoms with E-state index in [0.29, 0.717) is 9.32 Å². The zero-order valence-corrected chi connectivity index (χ0v) is 9.75. The Morgan fingerprint density at radius 2 is 2.07 bits per heavy atom. The van der Waals surface area contributed by atoms with Gasteiger partial charge < -0.3 is 9.47 Å². The Labute approximate surface area is 94.6 Å². The molecule has 0 atom stereocenters. The molecule has 74 valence electrons. The van der Waals surface area contributed by atoms with Crippen LogP contribution in [0, 0.1) is 20.7 Å². The Kier molecular flexibility index (Phi) is 3.52. The van der Waals surface area contributed by atoms with Gasteiger partial charge in [-0.25, -0.2) is 4.39 Å². The fraction of sp³-hybridized carbons (Fsp3) is 0.222. The molecule has 5 heteroatoms. The molecule has 1 aromatic carbocycles. The van der Waals surface area contributed by atoms with Crippen LogP contribution in [0.1, 0.15) is 5.56 Å². The summed E-state index contributed by atoms with van der Waals surface area (Å²) in [5.74, 6) is 0.0639. The number of hydrogen-bond donors (Lipinski definition) is 0. The highest BCUT2D eigenvalue weighted by Crippen LogP contribution is 2.35. The summed E-state index contributed by atoms with van der Waals surface area (Å²) in [5.41, 5.74) is -0.0248. The third-order valence-electron chi connectivity index (χ3n) is 1.68. The van der Waals surface area contributed by atoms with Crippen molar-refractivity contribution < 1.29 is 13.9 Å². The number of ether oxygens (including phenoxy) is 2. The van der Waals surface area contributed by atoms with Crippen LogP contribution in [0.4, 0.5) is 4.39 Å². The molecule has 1 rings (SSSR count). The molecule has 0 aliphatic rings. The number of methoxy groups -OCH3 is 2. The lowest BCUT2D eigenvalue weighted by Crippen LogP contribution is -1.98. The maximum Gasteiger partial charge on any atom is 0.175 e. The van der Waals surface area contributed by atoms with Gasteiger partial charge in [0.1, 0.15) is 17.4 Å². The predicted molar refractivity (Wildman–Crippen MR) is 56.9 cm³/mol. The number of nitriles is 1. The van der Waals surface area contributed by atoms with Crippen LogP contribution < -0.4 is 9.47 Å². The molecule has 0 spiro atoms. The number of halogens is 2. The third-order valence-corrected chi connectivity index (χ3v) is 2.70. The van der Waals surface area contributed by atoms with Crippen molar-refractivity contribution in [3.05, 3.63) is 21.0 Å². The van der Waals surface area contributed by atoms with Crippen LogP contribution in [-0.2, 0) is 0 Å². The van der Waals surface area contributed by atoms with Crippen LogP contribution in [0.15, 0.2) is 6.07 Å². The van der Waals surface area contributed by atoms with Crippen LogP contribution in [0.2, 0.25) is 0 Å². The summed E-state index contributed by atoms with van der Waals surface area (Å²) < 4.78 is 23.6. The van der Waals surface area contributed by atoms with Gasteiger partial charge in [-0.05, 0) is 22.6 Å². The van der Waals surface area contributed by atoms with Gasteiger partial charge in [-0.2, -0.15) is 5.26 Å². The monoisotopic (exact) mass is 307 g/mol. The molecule has 0 saturated carbocycles. The summed E-state index contributed by atoms with van der Waals surface area (Å²) in [7, 11) is 2.86. The summed E-state index contributed by atoms with van der Waals surface area (Å²) in [5, 5.41) is 8.69. The molecule has 0 aliphatic heterocycles. The van der Waals surface area contributed by atoms with Crippen LogP contribution >= 0.6 is 22.6 Å². The van der Waals surface area contributed by atoms with Crippen molar-refractivity contribution in [2.45, 2.75) is 0 Å². The molecule has 0 bridgehead atoms. The van der Waals surface area contributed by atoms with Crippen LogP contribution in [0.3, 0.4) is 0 Å². The molecule has 0 aromatic heterocycles. The van der Waals surface area contributed by atoms with E-state index in [1.807, 2.05) is 22.6 Å². The average molecular weight is 307 g/mol. The molecule has 0 unspecified atom stereocenters. The van der Waals surface area contributed by atoms with Crippen molar-refractivity contribution >= 4 is 22.6 Å². The topological polar surface area (TPSA) is 42.2 Å². The normalized spacial score (nSPS) is 9.36. The zero-order valence-electron chi connectivity index (χ0n) is 7.60. The van der Waals surface area contributed by atoms with Gasteiger partial charge >= 0.3 is 0 Å². The Hall–Kier alpha value is -1.03. The molecule has 1 aromatic rings. The number of rotatable bonds is 2. The molecule has 3 nitrogen and oxygen atoms in total. The first-order chi connectivity index (χ1) is 6.65.